The van der Waals surface area contributed by atoms with E-state index in [0.717, 1.165) is 25.1 Å². The van der Waals surface area contributed by atoms with E-state index in [1.807, 2.05) is 12.4 Å². The zero-order valence-electron chi connectivity index (χ0n) is 10.3. The first kappa shape index (κ1) is 11.9. The predicted molar refractivity (Wildman–Crippen MR) is 70.3 cm³/mol. The van der Waals surface area contributed by atoms with Crippen LogP contribution in [-0.2, 0) is 12.8 Å². The first-order valence-electron chi connectivity index (χ1n) is 6.16. The number of aromatic nitrogens is 2. The van der Waals surface area contributed by atoms with Gasteiger partial charge in [0.1, 0.15) is 5.82 Å². The van der Waals surface area contributed by atoms with E-state index in [1.165, 1.54) is 11.3 Å². The van der Waals surface area contributed by atoms with Gasteiger partial charge in [-0.2, -0.15) is 0 Å². The third-order valence-electron chi connectivity index (χ3n) is 2.84. The predicted octanol–water partition coefficient (Wildman–Crippen LogP) is 2.33. The van der Waals surface area contributed by atoms with Crippen LogP contribution in [-0.4, -0.2) is 16.1 Å². The van der Waals surface area contributed by atoms with Crippen LogP contribution >= 0.6 is 0 Å². The van der Waals surface area contributed by atoms with Crippen LogP contribution in [0.4, 0.5) is 0 Å². The van der Waals surface area contributed by atoms with Gasteiger partial charge in [0.05, 0.1) is 0 Å². The zero-order chi connectivity index (χ0) is 12.1. The number of nitrogens with two attached hydrogens (primary N) is 1. The van der Waals surface area contributed by atoms with Crippen molar-refractivity contribution in [1.82, 2.24) is 9.55 Å². The van der Waals surface area contributed by atoms with Crippen molar-refractivity contribution in [3.8, 4) is 5.69 Å². The Morgan fingerprint density at radius 2 is 1.94 bits per heavy atom. The second-order valence-electron chi connectivity index (χ2n) is 4.17. The lowest BCUT2D eigenvalue weighted by Gasteiger charge is -2.08. The maximum atomic E-state index is 5.54. The van der Waals surface area contributed by atoms with Gasteiger partial charge in [-0.3, -0.25) is 0 Å². The van der Waals surface area contributed by atoms with Crippen molar-refractivity contribution in [3.63, 3.8) is 0 Å². The molecule has 0 aliphatic rings. The van der Waals surface area contributed by atoms with Crippen molar-refractivity contribution in [1.29, 1.82) is 0 Å². The van der Waals surface area contributed by atoms with Crippen LogP contribution in [0.25, 0.3) is 5.69 Å². The van der Waals surface area contributed by atoms with Crippen LogP contribution in [0.3, 0.4) is 0 Å². The van der Waals surface area contributed by atoms with E-state index in [2.05, 4.69) is 40.7 Å². The molecule has 0 saturated carbocycles. The average molecular weight is 229 g/mol. The normalized spacial score (nSPS) is 10.7. The highest BCUT2D eigenvalue weighted by molar-refractivity contribution is 5.36. The Morgan fingerprint density at radius 1 is 1.18 bits per heavy atom. The monoisotopic (exact) mass is 229 g/mol. The first-order valence-corrected chi connectivity index (χ1v) is 6.16. The molecule has 0 unspecified atom stereocenters. The summed E-state index contributed by atoms with van der Waals surface area (Å²) in [6.07, 6.45) is 6.94. The second kappa shape index (κ2) is 5.64. The molecule has 0 bridgehead atoms. The molecular weight excluding hydrogens is 210 g/mol. The van der Waals surface area contributed by atoms with Crippen molar-refractivity contribution in [3.05, 3.63) is 48.0 Å². The van der Waals surface area contributed by atoms with Gasteiger partial charge in [0.25, 0.3) is 0 Å². The molecule has 90 valence electrons. The molecule has 3 heteroatoms. The molecule has 2 rings (SSSR count). The van der Waals surface area contributed by atoms with E-state index < -0.39 is 0 Å². The van der Waals surface area contributed by atoms with Gasteiger partial charge < -0.3 is 10.3 Å². The molecule has 2 aromatic rings. The van der Waals surface area contributed by atoms with Crippen LogP contribution in [0.1, 0.15) is 24.7 Å². The standard InChI is InChI=1S/C14H19N3/c1-2-3-14-16-10-11-17(14)13-6-4-12(5-7-13)8-9-15/h4-7,10-11H,2-3,8-9,15H2,1H3. The molecule has 17 heavy (non-hydrogen) atoms. The Balaban J connectivity index is 2.23. The van der Waals surface area contributed by atoms with Crippen LogP contribution in [0, 0.1) is 0 Å². The van der Waals surface area contributed by atoms with Gasteiger partial charge in [0, 0.05) is 24.5 Å². The van der Waals surface area contributed by atoms with Gasteiger partial charge in [-0.1, -0.05) is 19.1 Å². The SMILES string of the molecule is CCCc1nccn1-c1ccc(CCN)cc1. The molecule has 1 aromatic carbocycles. The number of hydrogen-bond acceptors (Lipinski definition) is 2. The molecule has 2 N–H and O–H groups in total. The molecule has 0 atom stereocenters. The first-order chi connectivity index (χ1) is 8.35. The second-order valence-corrected chi connectivity index (χ2v) is 4.17. The fourth-order valence-corrected chi connectivity index (χ4v) is 1.97. The summed E-state index contributed by atoms with van der Waals surface area (Å²) in [4.78, 5) is 4.38. The number of hydrogen-bond donors (Lipinski definition) is 1. The van der Waals surface area contributed by atoms with Crippen molar-refractivity contribution < 1.29 is 0 Å². The van der Waals surface area contributed by atoms with Crippen molar-refractivity contribution in [2.45, 2.75) is 26.2 Å². The number of nitrogens with zero attached hydrogens (tertiary/aromatic N) is 2. The minimum Gasteiger partial charge on any atom is -0.330 e. The minimum atomic E-state index is 0.700. The molecule has 0 aliphatic heterocycles. The van der Waals surface area contributed by atoms with Gasteiger partial charge in [0.2, 0.25) is 0 Å². The Kier molecular flexibility index (Phi) is 3.94. The Hall–Kier alpha value is -1.61. The summed E-state index contributed by atoms with van der Waals surface area (Å²) in [6, 6.07) is 8.54. The Morgan fingerprint density at radius 3 is 2.59 bits per heavy atom. The highest BCUT2D eigenvalue weighted by atomic mass is 15.1. The van der Waals surface area contributed by atoms with Crippen molar-refractivity contribution in [2.24, 2.45) is 5.73 Å². The third kappa shape index (κ3) is 2.74. The van der Waals surface area contributed by atoms with Crippen LogP contribution < -0.4 is 5.73 Å². The summed E-state index contributed by atoms with van der Waals surface area (Å²) in [5.74, 6) is 1.12. The molecule has 0 aliphatic carbocycles. The molecule has 1 heterocycles. The molecule has 0 fully saturated rings. The lowest BCUT2D eigenvalue weighted by molar-refractivity contribution is 0.809. The lowest BCUT2D eigenvalue weighted by Crippen LogP contribution is -2.03. The van der Waals surface area contributed by atoms with Gasteiger partial charge in [-0.25, -0.2) is 4.98 Å². The van der Waals surface area contributed by atoms with Crippen LogP contribution in [0.5, 0.6) is 0 Å². The molecule has 3 nitrogen and oxygen atoms in total. The van der Waals surface area contributed by atoms with E-state index in [1.54, 1.807) is 0 Å². The average Bonchev–Trinajstić information content (AvgIpc) is 2.79. The van der Waals surface area contributed by atoms with Gasteiger partial charge in [-0.05, 0) is 37.1 Å². The molecular formula is C14H19N3. The number of rotatable bonds is 5. The van der Waals surface area contributed by atoms with E-state index in [4.69, 9.17) is 5.73 Å². The maximum absolute atomic E-state index is 5.54. The molecule has 0 saturated heterocycles. The fourth-order valence-electron chi connectivity index (χ4n) is 1.97. The van der Waals surface area contributed by atoms with Gasteiger partial charge >= 0.3 is 0 Å². The summed E-state index contributed by atoms with van der Waals surface area (Å²) in [7, 11) is 0. The smallest absolute Gasteiger partial charge is 0.113 e. The van der Waals surface area contributed by atoms with Crippen LogP contribution in [0.15, 0.2) is 36.7 Å². The van der Waals surface area contributed by atoms with Gasteiger partial charge in [0.15, 0.2) is 0 Å². The summed E-state index contributed by atoms with van der Waals surface area (Å²) >= 11 is 0. The topological polar surface area (TPSA) is 43.8 Å². The minimum absolute atomic E-state index is 0.700. The van der Waals surface area contributed by atoms with E-state index >= 15 is 0 Å². The molecule has 0 spiro atoms. The quantitative estimate of drug-likeness (QED) is 0.855. The summed E-state index contributed by atoms with van der Waals surface area (Å²) in [5.41, 5.74) is 8.00. The maximum Gasteiger partial charge on any atom is 0.113 e. The van der Waals surface area contributed by atoms with E-state index in [9.17, 15) is 0 Å². The van der Waals surface area contributed by atoms with E-state index in [-0.39, 0.29) is 0 Å². The zero-order valence-corrected chi connectivity index (χ0v) is 10.3. The number of imidazole rings is 1. The molecule has 1 aromatic heterocycles. The molecule has 0 amide bonds. The summed E-state index contributed by atoms with van der Waals surface area (Å²) < 4.78 is 2.15. The van der Waals surface area contributed by atoms with Crippen molar-refractivity contribution in [2.75, 3.05) is 6.54 Å². The Labute approximate surface area is 102 Å². The van der Waals surface area contributed by atoms with E-state index in [0.29, 0.717) is 6.54 Å². The Bertz CT molecular complexity index is 457. The van der Waals surface area contributed by atoms with Crippen LogP contribution in [0.2, 0.25) is 0 Å². The summed E-state index contributed by atoms with van der Waals surface area (Å²) in [6.45, 7) is 2.87. The lowest BCUT2D eigenvalue weighted by atomic mass is 10.1. The molecule has 0 radical (unpaired) electrons. The number of aryl methyl sites for hydroxylation is 1. The number of benzene rings is 1. The fraction of sp³-hybridized carbons (Fsp3) is 0.357. The summed E-state index contributed by atoms with van der Waals surface area (Å²) in [5, 5.41) is 0. The highest BCUT2D eigenvalue weighted by Crippen LogP contribution is 2.13. The highest BCUT2D eigenvalue weighted by Gasteiger charge is 2.03. The largest absolute Gasteiger partial charge is 0.330 e. The van der Waals surface area contributed by atoms with Gasteiger partial charge in [-0.15, -0.1) is 0 Å². The third-order valence-corrected chi connectivity index (χ3v) is 2.84. The van der Waals surface area contributed by atoms with Crippen molar-refractivity contribution >= 4 is 0 Å².